The highest BCUT2D eigenvalue weighted by atomic mass is 16.7. The molecule has 3 rings (SSSR count). The quantitative estimate of drug-likeness (QED) is 0.772. The summed E-state index contributed by atoms with van der Waals surface area (Å²) in [6.45, 7) is 7.94. The Morgan fingerprint density at radius 1 is 0.815 bits per heavy atom. The zero-order valence-electron chi connectivity index (χ0n) is 15.7. The minimum absolute atomic E-state index is 0.286. The summed E-state index contributed by atoms with van der Waals surface area (Å²) in [7, 11) is -0.538. The van der Waals surface area contributed by atoms with Gasteiger partial charge in [-0.2, -0.15) is 15.8 Å². The summed E-state index contributed by atoms with van der Waals surface area (Å²) in [5, 5.41) is 28.2. The third kappa shape index (κ3) is 3.20. The molecule has 0 spiro atoms. The van der Waals surface area contributed by atoms with Gasteiger partial charge in [0.15, 0.2) is 0 Å². The molecule has 1 aliphatic rings. The predicted octanol–water partition coefficient (Wildman–Crippen LogP) is 3.27. The SMILES string of the molecule is CC1(C)OB(c2cccc(-c3c(C#N)cc(C#N)cc3C#N)c2)OC1(C)C. The van der Waals surface area contributed by atoms with E-state index in [-0.39, 0.29) is 16.7 Å². The van der Waals surface area contributed by atoms with E-state index in [0.29, 0.717) is 11.1 Å². The molecule has 0 N–H and O–H groups in total. The molecule has 1 fully saturated rings. The summed E-state index contributed by atoms with van der Waals surface area (Å²) >= 11 is 0. The van der Waals surface area contributed by atoms with Gasteiger partial charge in [0.1, 0.15) is 0 Å². The van der Waals surface area contributed by atoms with Gasteiger partial charge in [-0.05, 0) is 50.9 Å². The van der Waals surface area contributed by atoms with Crippen molar-refractivity contribution in [2.24, 2.45) is 0 Å². The lowest BCUT2D eigenvalue weighted by molar-refractivity contribution is 0.00578. The van der Waals surface area contributed by atoms with Crippen LogP contribution >= 0.6 is 0 Å². The molecule has 5 nitrogen and oxygen atoms in total. The summed E-state index contributed by atoms with van der Waals surface area (Å²) in [4.78, 5) is 0. The van der Waals surface area contributed by atoms with Crippen molar-refractivity contribution in [2.75, 3.05) is 0 Å². The fourth-order valence-electron chi connectivity index (χ4n) is 3.01. The van der Waals surface area contributed by atoms with Crippen LogP contribution in [0.15, 0.2) is 36.4 Å². The van der Waals surface area contributed by atoms with Gasteiger partial charge in [-0.3, -0.25) is 0 Å². The van der Waals surface area contributed by atoms with Crippen LogP contribution in [0, 0.1) is 34.0 Å². The van der Waals surface area contributed by atoms with Gasteiger partial charge in [0.05, 0.1) is 46.1 Å². The van der Waals surface area contributed by atoms with Crippen LogP contribution in [0.25, 0.3) is 11.1 Å². The summed E-state index contributed by atoms with van der Waals surface area (Å²) in [5.41, 5.74) is 1.97. The first-order valence-electron chi connectivity index (χ1n) is 8.57. The third-order valence-electron chi connectivity index (χ3n) is 5.21. The molecule has 27 heavy (non-hydrogen) atoms. The molecule has 1 aliphatic heterocycles. The summed E-state index contributed by atoms with van der Waals surface area (Å²) < 4.78 is 12.2. The zero-order chi connectivity index (χ0) is 19.8. The molecule has 1 saturated heterocycles. The highest BCUT2D eigenvalue weighted by Crippen LogP contribution is 2.37. The number of hydrogen-bond acceptors (Lipinski definition) is 5. The lowest BCUT2D eigenvalue weighted by atomic mass is 9.77. The van der Waals surface area contributed by atoms with Crippen molar-refractivity contribution < 1.29 is 9.31 Å². The summed E-state index contributed by atoms with van der Waals surface area (Å²) in [6.07, 6.45) is 0. The fourth-order valence-corrected chi connectivity index (χ4v) is 3.01. The molecular weight excluding hydrogens is 337 g/mol. The molecular formula is C21H18BN3O2. The second kappa shape index (κ2) is 6.56. The van der Waals surface area contributed by atoms with E-state index in [9.17, 15) is 10.5 Å². The molecule has 132 valence electrons. The molecule has 1 heterocycles. The Hall–Kier alpha value is -3.11. The van der Waals surface area contributed by atoms with Gasteiger partial charge in [0.2, 0.25) is 0 Å². The number of hydrogen-bond donors (Lipinski definition) is 0. The van der Waals surface area contributed by atoms with Crippen molar-refractivity contribution in [3.63, 3.8) is 0 Å². The number of nitrogens with zero attached hydrogens (tertiary/aromatic N) is 3. The monoisotopic (exact) mass is 355 g/mol. The van der Waals surface area contributed by atoms with Crippen LogP contribution in [0.3, 0.4) is 0 Å². The van der Waals surface area contributed by atoms with Crippen LogP contribution in [0.2, 0.25) is 0 Å². The maximum atomic E-state index is 9.52. The Morgan fingerprint density at radius 2 is 1.37 bits per heavy atom. The van der Waals surface area contributed by atoms with E-state index in [1.807, 2.05) is 58.0 Å². The molecule has 0 aromatic heterocycles. The van der Waals surface area contributed by atoms with Crippen LogP contribution in [-0.2, 0) is 9.31 Å². The smallest absolute Gasteiger partial charge is 0.399 e. The first kappa shape index (κ1) is 18.7. The second-order valence-electron chi connectivity index (χ2n) is 7.50. The van der Waals surface area contributed by atoms with Gasteiger partial charge in [-0.1, -0.05) is 24.3 Å². The summed E-state index contributed by atoms with van der Waals surface area (Å²) in [6, 6.07) is 16.6. The minimum Gasteiger partial charge on any atom is -0.399 e. The minimum atomic E-state index is -0.538. The van der Waals surface area contributed by atoms with Crippen molar-refractivity contribution >= 4 is 12.6 Å². The Kier molecular flexibility index (Phi) is 4.54. The molecule has 0 radical (unpaired) electrons. The van der Waals surface area contributed by atoms with Crippen LogP contribution in [-0.4, -0.2) is 18.3 Å². The molecule has 0 atom stereocenters. The average Bonchev–Trinajstić information content (AvgIpc) is 2.88. The normalized spacial score (nSPS) is 17.0. The maximum absolute atomic E-state index is 9.52. The van der Waals surface area contributed by atoms with Crippen molar-refractivity contribution in [3.8, 4) is 29.3 Å². The van der Waals surface area contributed by atoms with E-state index in [1.54, 1.807) is 0 Å². The first-order valence-corrected chi connectivity index (χ1v) is 8.57. The van der Waals surface area contributed by atoms with E-state index in [4.69, 9.17) is 14.6 Å². The molecule has 6 heteroatoms. The first-order chi connectivity index (χ1) is 12.7. The van der Waals surface area contributed by atoms with Gasteiger partial charge in [0, 0.05) is 5.56 Å². The van der Waals surface area contributed by atoms with Crippen LogP contribution < -0.4 is 5.46 Å². The van der Waals surface area contributed by atoms with Gasteiger partial charge < -0.3 is 9.31 Å². The van der Waals surface area contributed by atoms with E-state index in [1.165, 1.54) is 12.1 Å². The van der Waals surface area contributed by atoms with Crippen molar-refractivity contribution in [1.82, 2.24) is 0 Å². The number of nitriles is 3. The van der Waals surface area contributed by atoms with Crippen molar-refractivity contribution in [1.29, 1.82) is 15.8 Å². The standard InChI is InChI=1S/C21H18BN3O2/c1-20(2)21(3,4)27-22(26-20)18-7-5-6-15(10-18)19-16(12-24)8-14(11-23)9-17(19)13-25/h5-10H,1-4H3. The number of rotatable bonds is 2. The zero-order valence-corrected chi connectivity index (χ0v) is 15.7. The van der Waals surface area contributed by atoms with E-state index < -0.39 is 18.3 Å². The Labute approximate surface area is 159 Å². The van der Waals surface area contributed by atoms with Crippen molar-refractivity contribution in [2.45, 2.75) is 38.9 Å². The Bertz CT molecular complexity index is 988. The maximum Gasteiger partial charge on any atom is 0.494 e. The number of benzene rings is 2. The highest BCUT2D eigenvalue weighted by Gasteiger charge is 2.51. The third-order valence-corrected chi connectivity index (χ3v) is 5.21. The lowest BCUT2D eigenvalue weighted by Crippen LogP contribution is -2.41. The summed E-state index contributed by atoms with van der Waals surface area (Å²) in [5.74, 6) is 0. The topological polar surface area (TPSA) is 89.8 Å². The van der Waals surface area contributed by atoms with Gasteiger partial charge in [-0.15, -0.1) is 0 Å². The van der Waals surface area contributed by atoms with Gasteiger partial charge >= 0.3 is 7.12 Å². The Morgan fingerprint density at radius 3 is 1.85 bits per heavy atom. The van der Waals surface area contributed by atoms with Crippen molar-refractivity contribution in [3.05, 3.63) is 53.1 Å². The lowest BCUT2D eigenvalue weighted by Gasteiger charge is -2.32. The fraction of sp³-hybridized carbons (Fsp3) is 0.286. The molecule has 0 bridgehead atoms. The average molecular weight is 355 g/mol. The van der Waals surface area contributed by atoms with Crippen LogP contribution in [0.1, 0.15) is 44.4 Å². The van der Waals surface area contributed by atoms with Gasteiger partial charge in [0.25, 0.3) is 0 Å². The predicted molar refractivity (Wildman–Crippen MR) is 102 cm³/mol. The molecule has 2 aromatic rings. The molecule has 2 aromatic carbocycles. The van der Waals surface area contributed by atoms with E-state index in [2.05, 4.69) is 12.1 Å². The largest absolute Gasteiger partial charge is 0.494 e. The Balaban J connectivity index is 2.10. The molecule has 0 saturated carbocycles. The van der Waals surface area contributed by atoms with E-state index >= 15 is 0 Å². The van der Waals surface area contributed by atoms with Crippen LogP contribution in [0.4, 0.5) is 0 Å². The molecule has 0 unspecified atom stereocenters. The second-order valence-corrected chi connectivity index (χ2v) is 7.50. The molecule has 0 aliphatic carbocycles. The van der Waals surface area contributed by atoms with Crippen LogP contribution in [0.5, 0.6) is 0 Å². The van der Waals surface area contributed by atoms with Gasteiger partial charge in [-0.25, -0.2) is 0 Å². The highest BCUT2D eigenvalue weighted by molar-refractivity contribution is 6.62. The van der Waals surface area contributed by atoms with E-state index in [0.717, 1.165) is 5.46 Å². The molecule has 0 amide bonds.